The van der Waals surface area contributed by atoms with Crippen LogP contribution in [0.3, 0.4) is 0 Å². The first-order valence-corrected chi connectivity index (χ1v) is 6.24. The van der Waals surface area contributed by atoms with Crippen LogP contribution >= 0.6 is 0 Å². The number of hydrogen-bond acceptors (Lipinski definition) is 4. The number of rotatable bonds is 2. The maximum absolute atomic E-state index is 12.3. The molecule has 3 rings (SSSR count). The molecule has 1 aliphatic heterocycles. The van der Waals surface area contributed by atoms with Gasteiger partial charge in [-0.3, -0.25) is 4.79 Å². The van der Waals surface area contributed by atoms with Crippen LogP contribution in [0.1, 0.15) is 16.8 Å². The minimum Gasteiger partial charge on any atom is -0.493 e. The molecule has 0 fully saturated rings. The number of nitrogens with zero attached hydrogens (tertiary/aromatic N) is 1. The van der Waals surface area contributed by atoms with Gasteiger partial charge in [0.05, 0.1) is 19.2 Å². The molecule has 20 heavy (non-hydrogen) atoms. The van der Waals surface area contributed by atoms with Gasteiger partial charge >= 0.3 is 5.97 Å². The van der Waals surface area contributed by atoms with E-state index in [1.807, 2.05) is 0 Å². The Hall–Kier alpha value is -2.50. The van der Waals surface area contributed by atoms with Gasteiger partial charge in [-0.25, -0.2) is 4.79 Å². The lowest BCUT2D eigenvalue weighted by Gasteiger charge is -2.13. The minimum atomic E-state index is -1.22. The molecule has 2 heterocycles. The molecule has 6 heteroatoms. The highest BCUT2D eigenvalue weighted by Gasteiger charge is 2.21. The van der Waals surface area contributed by atoms with Gasteiger partial charge in [0.15, 0.2) is 11.5 Å². The molecule has 1 aliphatic rings. The number of pyridine rings is 1. The number of benzene rings is 1. The van der Waals surface area contributed by atoms with Crippen LogP contribution in [-0.2, 0) is 6.54 Å². The van der Waals surface area contributed by atoms with Crippen molar-refractivity contribution in [2.45, 2.75) is 13.0 Å². The summed E-state index contributed by atoms with van der Waals surface area (Å²) in [6.45, 7) is 0.885. The van der Waals surface area contributed by atoms with Crippen LogP contribution in [0, 0.1) is 0 Å². The van der Waals surface area contributed by atoms with Crippen LogP contribution in [0.2, 0.25) is 0 Å². The average Bonchev–Trinajstić information content (AvgIpc) is 2.66. The Morgan fingerprint density at radius 1 is 1.45 bits per heavy atom. The SMILES string of the molecule is COc1ccc2cc(C(=O)O)c(=O)n3c2c1OCCC3. The first-order valence-electron chi connectivity index (χ1n) is 6.24. The smallest absolute Gasteiger partial charge is 0.341 e. The van der Waals surface area contributed by atoms with E-state index in [0.29, 0.717) is 42.0 Å². The van der Waals surface area contributed by atoms with Gasteiger partial charge in [-0.2, -0.15) is 0 Å². The predicted molar refractivity (Wildman–Crippen MR) is 71.8 cm³/mol. The second-order valence-electron chi connectivity index (χ2n) is 4.56. The Bertz CT molecular complexity index is 762. The average molecular weight is 275 g/mol. The monoisotopic (exact) mass is 275 g/mol. The Labute approximate surface area is 114 Å². The van der Waals surface area contributed by atoms with Crippen molar-refractivity contribution in [3.05, 3.63) is 34.1 Å². The number of carbonyl (C=O) groups is 1. The maximum Gasteiger partial charge on any atom is 0.341 e. The third kappa shape index (κ3) is 1.72. The van der Waals surface area contributed by atoms with Gasteiger partial charge < -0.3 is 19.1 Å². The fraction of sp³-hybridized carbons (Fsp3) is 0.286. The van der Waals surface area contributed by atoms with Crippen molar-refractivity contribution in [3.63, 3.8) is 0 Å². The number of carboxylic acids is 1. The minimum absolute atomic E-state index is 0.226. The van der Waals surface area contributed by atoms with Gasteiger partial charge in [-0.05, 0) is 24.6 Å². The van der Waals surface area contributed by atoms with Crippen LogP contribution in [-0.4, -0.2) is 29.4 Å². The lowest BCUT2D eigenvalue weighted by molar-refractivity contribution is 0.0694. The van der Waals surface area contributed by atoms with E-state index in [2.05, 4.69) is 0 Å². The molecule has 0 atom stereocenters. The van der Waals surface area contributed by atoms with Crippen molar-refractivity contribution in [3.8, 4) is 11.5 Å². The summed E-state index contributed by atoms with van der Waals surface area (Å²) in [5.74, 6) is -0.185. The second-order valence-corrected chi connectivity index (χ2v) is 4.56. The van der Waals surface area contributed by atoms with E-state index in [-0.39, 0.29) is 5.56 Å². The number of methoxy groups -OCH3 is 1. The molecule has 1 aromatic carbocycles. The molecular formula is C14H13NO5. The first kappa shape index (κ1) is 12.5. The quantitative estimate of drug-likeness (QED) is 0.898. The molecule has 6 nitrogen and oxygen atoms in total. The molecule has 0 unspecified atom stereocenters. The fourth-order valence-corrected chi connectivity index (χ4v) is 2.49. The summed E-state index contributed by atoms with van der Waals surface area (Å²) in [4.78, 5) is 23.5. The number of aryl methyl sites for hydroxylation is 1. The van der Waals surface area contributed by atoms with Crippen molar-refractivity contribution < 1.29 is 19.4 Å². The van der Waals surface area contributed by atoms with Gasteiger partial charge in [0, 0.05) is 11.9 Å². The van der Waals surface area contributed by atoms with Gasteiger partial charge in [0.25, 0.3) is 5.56 Å². The van der Waals surface area contributed by atoms with E-state index < -0.39 is 11.5 Å². The van der Waals surface area contributed by atoms with Crippen molar-refractivity contribution in [2.24, 2.45) is 0 Å². The first-order chi connectivity index (χ1) is 9.63. The summed E-state index contributed by atoms with van der Waals surface area (Å²) in [5, 5.41) is 9.79. The molecule has 1 N–H and O–H groups in total. The van der Waals surface area contributed by atoms with Crippen LogP contribution in [0.25, 0.3) is 10.9 Å². The normalized spacial score (nSPS) is 13.7. The van der Waals surface area contributed by atoms with Crippen LogP contribution in [0.5, 0.6) is 11.5 Å². The molecule has 0 radical (unpaired) electrons. The fourth-order valence-electron chi connectivity index (χ4n) is 2.49. The number of ether oxygens (including phenoxy) is 2. The van der Waals surface area contributed by atoms with E-state index in [4.69, 9.17) is 14.6 Å². The van der Waals surface area contributed by atoms with Gasteiger partial charge in [-0.15, -0.1) is 0 Å². The Morgan fingerprint density at radius 3 is 2.95 bits per heavy atom. The molecule has 2 aromatic rings. The lowest BCUT2D eigenvalue weighted by Crippen LogP contribution is -2.26. The Balaban J connectivity index is 2.47. The van der Waals surface area contributed by atoms with Crippen LogP contribution < -0.4 is 15.0 Å². The van der Waals surface area contributed by atoms with E-state index in [0.717, 1.165) is 0 Å². The molecule has 0 bridgehead atoms. The summed E-state index contributed by atoms with van der Waals surface area (Å²) in [6, 6.07) is 4.83. The standard InChI is InChI=1S/C14H13NO5/c1-19-10-4-3-8-7-9(14(17)18)13(16)15-5-2-6-20-12(10)11(8)15/h3-4,7H,2,5-6H2,1H3,(H,17,18). The van der Waals surface area contributed by atoms with E-state index in [9.17, 15) is 9.59 Å². The molecule has 0 saturated carbocycles. The predicted octanol–water partition coefficient (Wildman–Crippen LogP) is 1.49. The number of carboxylic acid groups (broad SMARTS) is 1. The van der Waals surface area contributed by atoms with Gasteiger partial charge in [-0.1, -0.05) is 0 Å². The summed E-state index contributed by atoms with van der Waals surface area (Å²) in [7, 11) is 1.53. The van der Waals surface area contributed by atoms with E-state index >= 15 is 0 Å². The number of hydrogen-bond donors (Lipinski definition) is 1. The Morgan fingerprint density at radius 2 is 2.25 bits per heavy atom. The third-order valence-corrected chi connectivity index (χ3v) is 3.39. The molecule has 0 aliphatic carbocycles. The third-order valence-electron chi connectivity index (χ3n) is 3.39. The number of aromatic carboxylic acids is 1. The largest absolute Gasteiger partial charge is 0.493 e. The molecule has 0 saturated heterocycles. The highest BCUT2D eigenvalue weighted by Crippen LogP contribution is 2.36. The van der Waals surface area contributed by atoms with Crippen molar-refractivity contribution in [2.75, 3.05) is 13.7 Å². The van der Waals surface area contributed by atoms with Crippen molar-refractivity contribution in [1.29, 1.82) is 0 Å². The van der Waals surface area contributed by atoms with Gasteiger partial charge in [0.1, 0.15) is 5.56 Å². The molecule has 0 spiro atoms. The highest BCUT2D eigenvalue weighted by molar-refractivity contribution is 5.95. The Kier molecular flexibility index (Phi) is 2.85. The summed E-state index contributed by atoms with van der Waals surface area (Å²) in [5.41, 5.74) is -0.141. The zero-order chi connectivity index (χ0) is 14.3. The van der Waals surface area contributed by atoms with Crippen molar-refractivity contribution >= 4 is 16.9 Å². The zero-order valence-electron chi connectivity index (χ0n) is 10.9. The van der Waals surface area contributed by atoms with Crippen LogP contribution in [0.4, 0.5) is 0 Å². The van der Waals surface area contributed by atoms with E-state index in [1.54, 1.807) is 12.1 Å². The summed E-state index contributed by atoms with van der Waals surface area (Å²) in [6.07, 6.45) is 0.635. The summed E-state index contributed by atoms with van der Waals surface area (Å²) >= 11 is 0. The van der Waals surface area contributed by atoms with Crippen molar-refractivity contribution in [1.82, 2.24) is 4.57 Å². The number of aromatic nitrogens is 1. The maximum atomic E-state index is 12.3. The molecule has 1 aromatic heterocycles. The zero-order valence-corrected chi connectivity index (χ0v) is 10.9. The van der Waals surface area contributed by atoms with Gasteiger partial charge in [0.2, 0.25) is 0 Å². The van der Waals surface area contributed by atoms with Crippen LogP contribution in [0.15, 0.2) is 23.0 Å². The lowest BCUT2D eigenvalue weighted by atomic mass is 10.1. The van der Waals surface area contributed by atoms with E-state index in [1.165, 1.54) is 17.7 Å². The summed E-state index contributed by atoms with van der Waals surface area (Å²) < 4.78 is 12.4. The topological polar surface area (TPSA) is 77.8 Å². The molecular weight excluding hydrogens is 262 g/mol. The highest BCUT2D eigenvalue weighted by atomic mass is 16.5. The second kappa shape index (κ2) is 4.56. The molecule has 0 amide bonds. The molecule has 104 valence electrons.